The van der Waals surface area contributed by atoms with Gasteiger partial charge in [-0.1, -0.05) is 41.9 Å². The predicted octanol–water partition coefficient (Wildman–Crippen LogP) is 4.28. The monoisotopic (exact) mass is 310 g/mol. The Labute approximate surface area is 133 Å². The molecule has 3 aromatic rings. The van der Waals surface area contributed by atoms with E-state index in [4.69, 9.17) is 11.6 Å². The molecule has 0 fully saturated rings. The Morgan fingerprint density at radius 1 is 1.14 bits per heavy atom. The van der Waals surface area contributed by atoms with Crippen molar-refractivity contribution in [2.45, 2.75) is 13.8 Å². The summed E-state index contributed by atoms with van der Waals surface area (Å²) in [4.78, 5) is 19.2. The van der Waals surface area contributed by atoms with E-state index >= 15 is 0 Å². The normalized spacial score (nSPS) is 11.9. The molecule has 22 heavy (non-hydrogen) atoms. The molecule has 1 heterocycles. The van der Waals surface area contributed by atoms with Gasteiger partial charge in [0.1, 0.15) is 0 Å². The summed E-state index contributed by atoms with van der Waals surface area (Å²) >= 11 is 6.33. The van der Waals surface area contributed by atoms with Crippen LogP contribution in [0.3, 0.4) is 0 Å². The molecule has 0 unspecified atom stereocenters. The standard InChI is InChI=1S/C18H15ClN2O/c1-11-7-8-13(9-12(11)2)10-15(19)17-20-16-6-4-3-5-14(16)18(22)21-17/h3-10H,1-2H3,(H,20,21,22). The zero-order valence-electron chi connectivity index (χ0n) is 12.4. The smallest absolute Gasteiger partial charge is 0.259 e. The second-order valence-corrected chi connectivity index (χ2v) is 5.67. The summed E-state index contributed by atoms with van der Waals surface area (Å²) in [7, 11) is 0. The van der Waals surface area contributed by atoms with Crippen molar-refractivity contribution in [3.05, 3.63) is 75.3 Å². The number of aromatic nitrogens is 2. The maximum Gasteiger partial charge on any atom is 0.259 e. The minimum Gasteiger partial charge on any atom is -0.305 e. The van der Waals surface area contributed by atoms with Gasteiger partial charge in [-0.15, -0.1) is 0 Å². The van der Waals surface area contributed by atoms with Crippen LogP contribution in [0.1, 0.15) is 22.5 Å². The highest BCUT2D eigenvalue weighted by Gasteiger charge is 2.06. The lowest BCUT2D eigenvalue weighted by Crippen LogP contribution is -2.10. The first-order valence-electron chi connectivity index (χ1n) is 6.98. The zero-order chi connectivity index (χ0) is 15.7. The maximum atomic E-state index is 12.1. The van der Waals surface area contributed by atoms with Gasteiger partial charge in [0.05, 0.1) is 15.9 Å². The third kappa shape index (κ3) is 2.81. The summed E-state index contributed by atoms with van der Waals surface area (Å²) in [6.45, 7) is 4.11. The van der Waals surface area contributed by atoms with Gasteiger partial charge in [0.25, 0.3) is 5.56 Å². The second kappa shape index (κ2) is 5.78. The van der Waals surface area contributed by atoms with Gasteiger partial charge in [0.2, 0.25) is 0 Å². The Morgan fingerprint density at radius 2 is 1.91 bits per heavy atom. The molecule has 0 aliphatic rings. The van der Waals surface area contributed by atoms with Crippen molar-refractivity contribution >= 4 is 33.6 Å². The molecule has 3 nitrogen and oxygen atoms in total. The van der Waals surface area contributed by atoms with E-state index in [0.717, 1.165) is 5.56 Å². The molecule has 1 aromatic heterocycles. The molecule has 0 aliphatic heterocycles. The maximum absolute atomic E-state index is 12.1. The predicted molar refractivity (Wildman–Crippen MR) is 92.0 cm³/mol. The van der Waals surface area contributed by atoms with E-state index in [9.17, 15) is 4.79 Å². The number of nitrogens with zero attached hydrogens (tertiary/aromatic N) is 1. The van der Waals surface area contributed by atoms with Crippen LogP contribution >= 0.6 is 11.6 Å². The van der Waals surface area contributed by atoms with E-state index in [1.165, 1.54) is 11.1 Å². The first kappa shape index (κ1) is 14.5. The van der Waals surface area contributed by atoms with Crippen LogP contribution in [-0.2, 0) is 0 Å². The quantitative estimate of drug-likeness (QED) is 0.768. The molecule has 2 aromatic carbocycles. The summed E-state index contributed by atoms with van der Waals surface area (Å²) in [5.74, 6) is 0.378. The topological polar surface area (TPSA) is 45.8 Å². The molecule has 110 valence electrons. The molecule has 4 heteroatoms. The number of para-hydroxylation sites is 1. The van der Waals surface area contributed by atoms with E-state index in [0.29, 0.717) is 21.8 Å². The van der Waals surface area contributed by atoms with Crippen molar-refractivity contribution in [3.63, 3.8) is 0 Å². The molecule has 0 saturated carbocycles. The first-order valence-corrected chi connectivity index (χ1v) is 7.36. The number of hydrogen-bond donors (Lipinski definition) is 1. The molecule has 0 amide bonds. The van der Waals surface area contributed by atoms with Crippen LogP contribution in [0.15, 0.2) is 47.3 Å². The molecule has 3 rings (SSSR count). The molecular formula is C18H15ClN2O. The number of H-pyrrole nitrogens is 1. The van der Waals surface area contributed by atoms with Gasteiger partial charge in [-0.3, -0.25) is 4.79 Å². The third-order valence-electron chi connectivity index (χ3n) is 3.66. The van der Waals surface area contributed by atoms with Crippen LogP contribution in [0.25, 0.3) is 22.0 Å². The number of nitrogens with one attached hydrogen (secondary N) is 1. The Hall–Kier alpha value is -2.39. The summed E-state index contributed by atoms with van der Waals surface area (Å²) in [6, 6.07) is 13.3. The molecule has 0 atom stereocenters. The number of aromatic amines is 1. The van der Waals surface area contributed by atoms with Crippen molar-refractivity contribution in [3.8, 4) is 0 Å². The Balaban J connectivity index is 2.08. The fourth-order valence-corrected chi connectivity index (χ4v) is 2.48. The molecular weight excluding hydrogens is 296 g/mol. The van der Waals surface area contributed by atoms with Gasteiger partial charge in [-0.2, -0.15) is 0 Å². The van der Waals surface area contributed by atoms with Crippen molar-refractivity contribution in [2.75, 3.05) is 0 Å². The number of halogens is 1. The highest BCUT2D eigenvalue weighted by Crippen LogP contribution is 2.21. The lowest BCUT2D eigenvalue weighted by atomic mass is 10.1. The van der Waals surface area contributed by atoms with Gasteiger partial charge in [0.15, 0.2) is 5.82 Å². The zero-order valence-corrected chi connectivity index (χ0v) is 13.1. The van der Waals surface area contributed by atoms with Crippen molar-refractivity contribution in [1.82, 2.24) is 9.97 Å². The first-order chi connectivity index (χ1) is 10.5. The fourth-order valence-electron chi connectivity index (χ4n) is 2.27. The van der Waals surface area contributed by atoms with E-state index in [1.54, 1.807) is 18.2 Å². The molecule has 0 radical (unpaired) electrons. The Bertz CT molecular complexity index is 941. The van der Waals surface area contributed by atoms with Gasteiger partial charge >= 0.3 is 0 Å². The lowest BCUT2D eigenvalue weighted by Gasteiger charge is -2.04. The van der Waals surface area contributed by atoms with Gasteiger partial charge in [0, 0.05) is 0 Å². The van der Waals surface area contributed by atoms with Crippen molar-refractivity contribution in [2.24, 2.45) is 0 Å². The second-order valence-electron chi connectivity index (χ2n) is 5.27. The van der Waals surface area contributed by atoms with Crippen molar-refractivity contribution in [1.29, 1.82) is 0 Å². The number of fused-ring (bicyclic) bond motifs is 1. The minimum atomic E-state index is -0.188. The third-order valence-corrected chi connectivity index (χ3v) is 3.95. The van der Waals surface area contributed by atoms with E-state index in [2.05, 4.69) is 29.9 Å². The lowest BCUT2D eigenvalue weighted by molar-refractivity contribution is 1.14. The van der Waals surface area contributed by atoms with Gasteiger partial charge in [-0.25, -0.2) is 4.98 Å². The Morgan fingerprint density at radius 3 is 2.68 bits per heavy atom. The number of hydrogen-bond acceptors (Lipinski definition) is 2. The van der Waals surface area contributed by atoms with Crippen LogP contribution in [0, 0.1) is 13.8 Å². The van der Waals surface area contributed by atoms with Crippen molar-refractivity contribution < 1.29 is 0 Å². The summed E-state index contributed by atoms with van der Waals surface area (Å²) in [5, 5.41) is 0.966. The number of aryl methyl sites for hydroxylation is 2. The fraction of sp³-hybridized carbons (Fsp3) is 0.111. The highest BCUT2D eigenvalue weighted by atomic mass is 35.5. The van der Waals surface area contributed by atoms with E-state index < -0.39 is 0 Å². The molecule has 1 N–H and O–H groups in total. The molecule has 0 saturated heterocycles. The molecule has 0 spiro atoms. The Kier molecular flexibility index (Phi) is 3.82. The SMILES string of the molecule is Cc1ccc(C=C(Cl)c2nc3ccccc3c(=O)[nH]2)cc1C. The summed E-state index contributed by atoms with van der Waals surface area (Å²) in [6.07, 6.45) is 1.81. The van der Waals surface area contributed by atoms with Crippen LogP contribution in [0.5, 0.6) is 0 Å². The molecule has 0 bridgehead atoms. The highest BCUT2D eigenvalue weighted by molar-refractivity contribution is 6.50. The van der Waals surface area contributed by atoms with Gasteiger partial charge in [-0.05, 0) is 48.7 Å². The van der Waals surface area contributed by atoms with E-state index in [-0.39, 0.29) is 5.56 Å². The van der Waals surface area contributed by atoms with Gasteiger partial charge < -0.3 is 4.98 Å². The molecule has 0 aliphatic carbocycles. The minimum absolute atomic E-state index is 0.188. The summed E-state index contributed by atoms with van der Waals surface area (Å²) in [5.41, 5.74) is 3.84. The average Bonchev–Trinajstić information content (AvgIpc) is 2.51. The number of rotatable bonds is 2. The largest absolute Gasteiger partial charge is 0.305 e. The number of benzene rings is 2. The van der Waals surface area contributed by atoms with Crippen LogP contribution in [-0.4, -0.2) is 9.97 Å². The average molecular weight is 311 g/mol. The summed E-state index contributed by atoms with van der Waals surface area (Å²) < 4.78 is 0. The van der Waals surface area contributed by atoms with Crippen LogP contribution in [0.4, 0.5) is 0 Å². The van der Waals surface area contributed by atoms with Crippen LogP contribution in [0.2, 0.25) is 0 Å². The van der Waals surface area contributed by atoms with Crippen LogP contribution < -0.4 is 5.56 Å². The van der Waals surface area contributed by atoms with E-state index in [1.807, 2.05) is 24.3 Å².